The Morgan fingerprint density at radius 1 is 1.28 bits per heavy atom. The molecule has 2 atom stereocenters. The lowest BCUT2D eigenvalue weighted by atomic mass is 9.91. The molecule has 0 aliphatic heterocycles. The molecule has 0 unspecified atom stereocenters. The Hall–Kier alpha value is -1.06. The van der Waals surface area contributed by atoms with Gasteiger partial charge in [0.1, 0.15) is 5.75 Å². The summed E-state index contributed by atoms with van der Waals surface area (Å²) >= 11 is 0. The Morgan fingerprint density at radius 2 is 2.00 bits per heavy atom. The van der Waals surface area contributed by atoms with E-state index in [0.29, 0.717) is 0 Å². The second kappa shape index (κ2) is 6.21. The van der Waals surface area contributed by atoms with Crippen molar-refractivity contribution in [1.29, 1.82) is 0 Å². The van der Waals surface area contributed by atoms with Crippen molar-refractivity contribution < 1.29 is 9.84 Å². The van der Waals surface area contributed by atoms with Crippen LogP contribution in [-0.2, 0) is 6.54 Å². The number of benzene rings is 1. The van der Waals surface area contributed by atoms with Crippen LogP contribution in [0.4, 0.5) is 0 Å². The van der Waals surface area contributed by atoms with E-state index in [0.717, 1.165) is 31.6 Å². The lowest BCUT2D eigenvalue weighted by Crippen LogP contribution is -2.42. The molecule has 100 valence electrons. The van der Waals surface area contributed by atoms with Crippen LogP contribution >= 0.6 is 0 Å². The topological polar surface area (TPSA) is 32.7 Å². The summed E-state index contributed by atoms with van der Waals surface area (Å²) in [4.78, 5) is 2.25. The van der Waals surface area contributed by atoms with Crippen LogP contribution < -0.4 is 4.74 Å². The summed E-state index contributed by atoms with van der Waals surface area (Å²) in [5.74, 6) is 0.926. The normalized spacial score (nSPS) is 24.2. The molecule has 1 aliphatic carbocycles. The molecule has 2 rings (SSSR count). The van der Waals surface area contributed by atoms with Crippen molar-refractivity contribution in [1.82, 2.24) is 4.90 Å². The van der Waals surface area contributed by atoms with Crippen LogP contribution in [-0.4, -0.2) is 36.3 Å². The molecule has 0 amide bonds. The van der Waals surface area contributed by atoms with Gasteiger partial charge in [0.05, 0.1) is 13.2 Å². The van der Waals surface area contributed by atoms with Crippen molar-refractivity contribution >= 4 is 0 Å². The molecule has 1 fully saturated rings. The van der Waals surface area contributed by atoms with Gasteiger partial charge in [0.15, 0.2) is 0 Å². The van der Waals surface area contributed by atoms with E-state index in [2.05, 4.69) is 18.0 Å². The predicted octanol–water partition coefficient (Wildman–Crippen LogP) is 2.43. The third-order valence-corrected chi connectivity index (χ3v) is 3.87. The van der Waals surface area contributed by atoms with Crippen molar-refractivity contribution in [3.63, 3.8) is 0 Å². The number of para-hydroxylation sites is 1. The van der Waals surface area contributed by atoms with E-state index >= 15 is 0 Å². The van der Waals surface area contributed by atoms with E-state index < -0.39 is 0 Å². The quantitative estimate of drug-likeness (QED) is 0.889. The van der Waals surface area contributed by atoms with Crippen LogP contribution in [0.5, 0.6) is 5.75 Å². The minimum Gasteiger partial charge on any atom is -0.496 e. The predicted molar refractivity (Wildman–Crippen MR) is 72.7 cm³/mol. The van der Waals surface area contributed by atoms with Gasteiger partial charge >= 0.3 is 0 Å². The van der Waals surface area contributed by atoms with Gasteiger partial charge in [-0.15, -0.1) is 0 Å². The molecular formula is C15H23NO2. The molecule has 0 heterocycles. The number of aliphatic hydroxyl groups is 1. The first-order valence-corrected chi connectivity index (χ1v) is 6.72. The van der Waals surface area contributed by atoms with Gasteiger partial charge in [-0.2, -0.15) is 0 Å². The van der Waals surface area contributed by atoms with E-state index in [9.17, 15) is 5.11 Å². The highest BCUT2D eigenvalue weighted by molar-refractivity contribution is 5.33. The van der Waals surface area contributed by atoms with Crippen LogP contribution in [0, 0.1) is 0 Å². The van der Waals surface area contributed by atoms with Crippen LogP contribution in [0.1, 0.15) is 31.2 Å². The highest BCUT2D eigenvalue weighted by atomic mass is 16.5. The maximum absolute atomic E-state index is 10.1. The van der Waals surface area contributed by atoms with Crippen molar-refractivity contribution in [3.05, 3.63) is 29.8 Å². The fraction of sp³-hybridized carbons (Fsp3) is 0.600. The molecule has 1 aromatic rings. The average Bonchev–Trinajstić information content (AvgIpc) is 2.39. The number of aliphatic hydroxyl groups excluding tert-OH is 1. The molecule has 3 heteroatoms. The summed E-state index contributed by atoms with van der Waals surface area (Å²) < 4.78 is 5.37. The Labute approximate surface area is 109 Å². The van der Waals surface area contributed by atoms with Crippen molar-refractivity contribution in [2.75, 3.05) is 14.2 Å². The lowest BCUT2D eigenvalue weighted by Gasteiger charge is -2.35. The summed E-state index contributed by atoms with van der Waals surface area (Å²) in [5.41, 5.74) is 1.18. The Bertz CT molecular complexity index is 381. The van der Waals surface area contributed by atoms with E-state index in [1.165, 1.54) is 12.0 Å². The van der Waals surface area contributed by atoms with Gasteiger partial charge in [0, 0.05) is 18.2 Å². The van der Waals surface area contributed by atoms with Crippen LogP contribution in [0.25, 0.3) is 0 Å². The standard InChI is InChI=1S/C15H23NO2/c1-16(13-8-4-5-9-14(13)17)11-12-7-3-6-10-15(12)18-2/h3,6-7,10,13-14,17H,4-5,8-9,11H2,1-2H3/t13-,14-/m1/s1. The Kier molecular flexibility index (Phi) is 4.61. The van der Waals surface area contributed by atoms with Crippen molar-refractivity contribution in [2.24, 2.45) is 0 Å². The second-order valence-corrected chi connectivity index (χ2v) is 5.15. The molecule has 0 bridgehead atoms. The molecule has 1 aromatic carbocycles. The summed E-state index contributed by atoms with van der Waals surface area (Å²) in [7, 11) is 3.79. The summed E-state index contributed by atoms with van der Waals surface area (Å²) in [6, 6.07) is 8.37. The molecule has 0 spiro atoms. The lowest BCUT2D eigenvalue weighted by molar-refractivity contribution is 0.0285. The van der Waals surface area contributed by atoms with Gasteiger partial charge in [-0.05, 0) is 26.0 Å². The van der Waals surface area contributed by atoms with E-state index in [1.807, 2.05) is 18.2 Å². The largest absolute Gasteiger partial charge is 0.496 e. The van der Waals surface area contributed by atoms with Gasteiger partial charge in [-0.25, -0.2) is 0 Å². The number of ether oxygens (including phenoxy) is 1. The molecule has 3 nitrogen and oxygen atoms in total. The monoisotopic (exact) mass is 249 g/mol. The van der Waals surface area contributed by atoms with E-state index in [1.54, 1.807) is 7.11 Å². The maximum Gasteiger partial charge on any atom is 0.123 e. The van der Waals surface area contributed by atoms with Gasteiger partial charge in [0.2, 0.25) is 0 Å². The van der Waals surface area contributed by atoms with Crippen LogP contribution in [0.3, 0.4) is 0 Å². The number of likely N-dealkylation sites (N-methyl/N-ethyl adjacent to an activating group) is 1. The van der Waals surface area contributed by atoms with E-state index in [4.69, 9.17) is 4.74 Å². The smallest absolute Gasteiger partial charge is 0.123 e. The molecule has 18 heavy (non-hydrogen) atoms. The zero-order chi connectivity index (χ0) is 13.0. The number of methoxy groups -OCH3 is 1. The van der Waals surface area contributed by atoms with Crippen molar-refractivity contribution in [2.45, 2.75) is 44.4 Å². The highest BCUT2D eigenvalue weighted by Gasteiger charge is 2.26. The average molecular weight is 249 g/mol. The third kappa shape index (κ3) is 3.03. The number of hydrogen-bond donors (Lipinski definition) is 1. The Morgan fingerprint density at radius 3 is 2.72 bits per heavy atom. The molecular weight excluding hydrogens is 226 g/mol. The zero-order valence-corrected chi connectivity index (χ0v) is 11.3. The first-order valence-electron chi connectivity index (χ1n) is 6.72. The molecule has 1 aliphatic rings. The van der Waals surface area contributed by atoms with Gasteiger partial charge in [-0.3, -0.25) is 4.90 Å². The zero-order valence-electron chi connectivity index (χ0n) is 11.3. The fourth-order valence-corrected chi connectivity index (χ4v) is 2.83. The molecule has 0 saturated heterocycles. The summed E-state index contributed by atoms with van der Waals surface area (Å²) in [6.45, 7) is 0.825. The number of nitrogens with zero attached hydrogens (tertiary/aromatic N) is 1. The van der Waals surface area contributed by atoms with Crippen molar-refractivity contribution in [3.8, 4) is 5.75 Å². The minimum atomic E-state index is -0.182. The van der Waals surface area contributed by atoms with Gasteiger partial charge in [-0.1, -0.05) is 31.0 Å². The number of hydrogen-bond acceptors (Lipinski definition) is 3. The summed E-state index contributed by atoms with van der Waals surface area (Å²) in [6.07, 6.45) is 4.21. The fourth-order valence-electron chi connectivity index (χ4n) is 2.83. The maximum atomic E-state index is 10.1. The van der Waals surface area contributed by atoms with Crippen LogP contribution in [0.15, 0.2) is 24.3 Å². The van der Waals surface area contributed by atoms with Gasteiger partial charge < -0.3 is 9.84 Å². The molecule has 1 saturated carbocycles. The molecule has 0 aromatic heterocycles. The third-order valence-electron chi connectivity index (χ3n) is 3.87. The van der Waals surface area contributed by atoms with Gasteiger partial charge in [0.25, 0.3) is 0 Å². The SMILES string of the molecule is COc1ccccc1CN(C)[C@@H]1CCCC[C@H]1O. The molecule has 1 N–H and O–H groups in total. The minimum absolute atomic E-state index is 0.182. The highest BCUT2D eigenvalue weighted by Crippen LogP contribution is 2.25. The first-order chi connectivity index (χ1) is 8.72. The second-order valence-electron chi connectivity index (χ2n) is 5.15. The number of rotatable bonds is 4. The first kappa shape index (κ1) is 13.4. The van der Waals surface area contributed by atoms with E-state index in [-0.39, 0.29) is 12.1 Å². The van der Waals surface area contributed by atoms with Crippen LogP contribution in [0.2, 0.25) is 0 Å². The molecule has 0 radical (unpaired) electrons. The Balaban J connectivity index is 2.03. The summed E-state index contributed by atoms with van der Waals surface area (Å²) in [5, 5.41) is 10.1.